The highest BCUT2D eigenvalue weighted by Gasteiger charge is 2.31. The summed E-state index contributed by atoms with van der Waals surface area (Å²) in [6, 6.07) is 18.5. The second-order valence-corrected chi connectivity index (χ2v) is 10.0. The van der Waals surface area contributed by atoms with Gasteiger partial charge in [0, 0.05) is 50.3 Å². The van der Waals surface area contributed by atoms with Gasteiger partial charge in [-0.2, -0.15) is 0 Å². The number of amides is 3. The number of aliphatic hydroxyl groups is 1. The van der Waals surface area contributed by atoms with Crippen molar-refractivity contribution in [2.24, 2.45) is 0 Å². The molecule has 3 amide bonds. The first-order valence-electron chi connectivity index (χ1n) is 14.1. The number of ether oxygens (including phenoxy) is 1. The molecule has 0 radical (unpaired) electrons. The molecule has 2 unspecified atom stereocenters. The van der Waals surface area contributed by atoms with E-state index in [1.807, 2.05) is 36.4 Å². The monoisotopic (exact) mass is 589 g/mol. The van der Waals surface area contributed by atoms with E-state index in [0.717, 1.165) is 0 Å². The number of aromatic nitrogens is 2. The molecule has 0 bridgehead atoms. The number of rotatable bonds is 11. The Labute approximate surface area is 249 Å². The Bertz CT molecular complexity index is 1410. The van der Waals surface area contributed by atoms with Gasteiger partial charge in [0.25, 0.3) is 5.91 Å². The number of nitrogens with zero attached hydrogens (tertiary/aromatic N) is 4. The highest BCUT2D eigenvalue weighted by Crippen LogP contribution is 2.21. The van der Waals surface area contributed by atoms with Crippen molar-refractivity contribution in [1.29, 1.82) is 0 Å². The molecule has 1 fully saturated rings. The van der Waals surface area contributed by atoms with E-state index in [-0.39, 0.29) is 63.6 Å². The zero-order valence-electron chi connectivity index (χ0n) is 23.9. The minimum Gasteiger partial charge on any atom is -0.481 e. The zero-order valence-corrected chi connectivity index (χ0v) is 23.9. The summed E-state index contributed by atoms with van der Waals surface area (Å²) in [4.78, 5) is 62.4. The third-order valence-electron chi connectivity index (χ3n) is 7.00. The highest BCUT2D eigenvalue weighted by molar-refractivity contribution is 5.96. The van der Waals surface area contributed by atoms with Crippen LogP contribution in [-0.4, -0.2) is 92.7 Å². The number of hydrogen-bond donors (Lipinski definition) is 3. The number of carboxylic acids is 1. The van der Waals surface area contributed by atoms with E-state index < -0.39 is 36.0 Å². The summed E-state index contributed by atoms with van der Waals surface area (Å²) in [5.41, 5.74) is 1.74. The van der Waals surface area contributed by atoms with Crippen molar-refractivity contribution in [2.45, 2.75) is 38.3 Å². The number of aliphatic hydroxyl groups excluding tert-OH is 1. The molecule has 226 valence electrons. The Balaban J connectivity index is 1.55. The van der Waals surface area contributed by atoms with Crippen molar-refractivity contribution in [1.82, 2.24) is 25.1 Å². The molecular weight excluding hydrogens is 554 g/mol. The van der Waals surface area contributed by atoms with Crippen molar-refractivity contribution in [3.63, 3.8) is 0 Å². The van der Waals surface area contributed by atoms with Crippen molar-refractivity contribution in [2.75, 3.05) is 32.8 Å². The van der Waals surface area contributed by atoms with E-state index in [1.165, 1.54) is 15.9 Å². The molecule has 3 N–H and O–H groups in total. The van der Waals surface area contributed by atoms with Crippen LogP contribution in [0, 0.1) is 0 Å². The van der Waals surface area contributed by atoms with Gasteiger partial charge in [0.2, 0.25) is 5.91 Å². The summed E-state index contributed by atoms with van der Waals surface area (Å²) in [6.07, 6.45) is -1.70. The summed E-state index contributed by atoms with van der Waals surface area (Å²) in [5, 5.41) is 22.8. The summed E-state index contributed by atoms with van der Waals surface area (Å²) in [7, 11) is 0. The molecule has 0 spiro atoms. The Morgan fingerprint density at radius 3 is 2.19 bits per heavy atom. The van der Waals surface area contributed by atoms with Crippen LogP contribution in [0.1, 0.15) is 47.6 Å². The fourth-order valence-electron chi connectivity index (χ4n) is 4.73. The van der Waals surface area contributed by atoms with Crippen LogP contribution in [0.15, 0.2) is 66.7 Å². The first kappa shape index (κ1) is 31.1. The minimum absolute atomic E-state index is 0.0237. The fraction of sp³-hybridized carbons (Fsp3) is 0.355. The quantitative estimate of drug-likeness (QED) is 0.305. The molecule has 43 heavy (non-hydrogen) atoms. The highest BCUT2D eigenvalue weighted by atomic mass is 16.6. The molecule has 12 nitrogen and oxygen atoms in total. The molecule has 2 atom stereocenters. The zero-order chi connectivity index (χ0) is 30.8. The maximum atomic E-state index is 13.5. The number of carbonyl (C=O) groups is 4. The van der Waals surface area contributed by atoms with Crippen LogP contribution in [0.4, 0.5) is 4.79 Å². The summed E-state index contributed by atoms with van der Waals surface area (Å²) < 4.78 is 5.02. The van der Waals surface area contributed by atoms with Gasteiger partial charge >= 0.3 is 12.1 Å². The molecular formula is C31H35N5O7. The molecule has 3 aromatic rings. The average molecular weight is 590 g/mol. The molecule has 12 heteroatoms. The van der Waals surface area contributed by atoms with E-state index >= 15 is 0 Å². The van der Waals surface area contributed by atoms with Crippen LogP contribution in [-0.2, 0) is 20.7 Å². The Morgan fingerprint density at radius 1 is 0.930 bits per heavy atom. The maximum Gasteiger partial charge on any atom is 0.409 e. The van der Waals surface area contributed by atoms with Gasteiger partial charge in [0.15, 0.2) is 5.82 Å². The fourth-order valence-corrected chi connectivity index (χ4v) is 4.73. The Kier molecular flexibility index (Phi) is 10.8. The normalized spacial score (nSPS) is 14.5. The van der Waals surface area contributed by atoms with Crippen molar-refractivity contribution in [3.8, 4) is 11.4 Å². The van der Waals surface area contributed by atoms with Gasteiger partial charge in [-0.25, -0.2) is 14.8 Å². The molecule has 1 aliphatic heterocycles. The van der Waals surface area contributed by atoms with E-state index in [9.17, 15) is 29.4 Å². The van der Waals surface area contributed by atoms with Gasteiger partial charge in [0.1, 0.15) is 11.7 Å². The van der Waals surface area contributed by atoms with Crippen molar-refractivity contribution in [3.05, 3.63) is 83.7 Å². The molecule has 0 saturated carbocycles. The maximum absolute atomic E-state index is 13.5. The van der Waals surface area contributed by atoms with Crippen molar-refractivity contribution < 1.29 is 34.1 Å². The molecule has 2 heterocycles. The molecule has 2 aromatic carbocycles. The first-order valence-corrected chi connectivity index (χ1v) is 14.1. The second-order valence-electron chi connectivity index (χ2n) is 10.0. The minimum atomic E-state index is -1.13. The van der Waals surface area contributed by atoms with Gasteiger partial charge in [-0.05, 0) is 25.0 Å². The van der Waals surface area contributed by atoms with Crippen LogP contribution in [0.5, 0.6) is 0 Å². The number of carboxylic acid groups (broad SMARTS) is 1. The first-order chi connectivity index (χ1) is 20.7. The van der Waals surface area contributed by atoms with Crippen molar-refractivity contribution >= 4 is 23.9 Å². The second kappa shape index (κ2) is 14.9. The lowest BCUT2D eigenvalue weighted by Gasteiger charge is -2.35. The average Bonchev–Trinajstić information content (AvgIpc) is 3.03. The van der Waals surface area contributed by atoms with E-state index in [2.05, 4.69) is 15.3 Å². The van der Waals surface area contributed by atoms with E-state index in [0.29, 0.717) is 16.8 Å². The lowest BCUT2D eigenvalue weighted by Crippen LogP contribution is -2.56. The lowest BCUT2D eigenvalue weighted by molar-refractivity contribution is -0.138. The predicted octanol–water partition coefficient (Wildman–Crippen LogP) is 2.68. The van der Waals surface area contributed by atoms with Gasteiger partial charge < -0.3 is 30.1 Å². The standard InChI is InChI=1S/C31H35N5O7/c1-2-43-31(42)36-17-15-35(16-18-36)30(41)24(13-14-27(38)39)34-29(40)25-19-23(20-26(37)21-9-5-3-6-10-21)32-28(33-25)22-11-7-4-8-12-22/h3-12,19,24,26,37H,2,13-18,20H2,1H3,(H,34,40)(H,38,39). The molecule has 1 aromatic heterocycles. The predicted molar refractivity (Wildman–Crippen MR) is 156 cm³/mol. The van der Waals surface area contributed by atoms with E-state index in [4.69, 9.17) is 4.74 Å². The van der Waals surface area contributed by atoms with E-state index in [1.54, 1.807) is 31.2 Å². The lowest BCUT2D eigenvalue weighted by atomic mass is 10.0. The summed E-state index contributed by atoms with van der Waals surface area (Å²) in [5.74, 6) is -1.96. The van der Waals surface area contributed by atoms with Crippen LogP contribution in [0.2, 0.25) is 0 Å². The third-order valence-corrected chi connectivity index (χ3v) is 7.00. The number of hydrogen-bond acceptors (Lipinski definition) is 8. The van der Waals surface area contributed by atoms with Crippen LogP contribution in [0.25, 0.3) is 11.4 Å². The third kappa shape index (κ3) is 8.58. The molecule has 1 aliphatic rings. The number of benzene rings is 2. The SMILES string of the molecule is CCOC(=O)N1CCN(C(=O)C(CCC(=O)O)NC(=O)c2cc(CC(O)c3ccccc3)nc(-c3ccccc3)n2)CC1. The molecule has 1 saturated heterocycles. The van der Waals surface area contributed by atoms with Gasteiger partial charge in [-0.15, -0.1) is 0 Å². The number of aliphatic carboxylic acids is 1. The Morgan fingerprint density at radius 2 is 1.56 bits per heavy atom. The smallest absolute Gasteiger partial charge is 0.409 e. The topological polar surface area (TPSA) is 162 Å². The van der Waals surface area contributed by atoms with Crippen LogP contribution < -0.4 is 5.32 Å². The summed E-state index contributed by atoms with van der Waals surface area (Å²) in [6.45, 7) is 2.88. The number of nitrogens with one attached hydrogen (secondary N) is 1. The largest absolute Gasteiger partial charge is 0.481 e. The van der Waals surface area contributed by atoms with Gasteiger partial charge in [0.05, 0.1) is 12.7 Å². The molecule has 4 rings (SSSR count). The van der Waals surface area contributed by atoms with Gasteiger partial charge in [-0.1, -0.05) is 60.7 Å². The number of carbonyl (C=O) groups excluding carboxylic acids is 3. The summed E-state index contributed by atoms with van der Waals surface area (Å²) >= 11 is 0. The van der Waals surface area contributed by atoms with Gasteiger partial charge in [-0.3, -0.25) is 14.4 Å². The van der Waals surface area contributed by atoms with Crippen LogP contribution in [0.3, 0.4) is 0 Å². The Hall–Kier alpha value is -4.84. The van der Waals surface area contributed by atoms with Crippen LogP contribution >= 0.6 is 0 Å². The number of piperazine rings is 1. The molecule has 0 aliphatic carbocycles.